The Morgan fingerprint density at radius 1 is 0.686 bits per heavy atom. The molecule has 0 aromatic heterocycles. The Balaban J connectivity index is 2.51. The number of aryl methyl sites for hydroxylation is 2. The lowest BCUT2D eigenvalue weighted by atomic mass is 9.96. The van der Waals surface area contributed by atoms with Crippen molar-refractivity contribution in [2.75, 3.05) is 0 Å². The van der Waals surface area contributed by atoms with Crippen molar-refractivity contribution >= 4 is 23.9 Å². The molecule has 0 atom stereocenters. The maximum atomic E-state index is 16.0. The largest absolute Gasteiger partial charge is 0.417 e. The van der Waals surface area contributed by atoms with Crippen molar-refractivity contribution in [2.45, 2.75) is 58.5 Å². The van der Waals surface area contributed by atoms with Gasteiger partial charge in [-0.05, 0) is 24.0 Å². The first-order chi connectivity index (χ1) is 16.4. The third-order valence-corrected chi connectivity index (χ3v) is 4.75. The van der Waals surface area contributed by atoms with Gasteiger partial charge < -0.3 is 18.9 Å². The van der Waals surface area contributed by atoms with Crippen molar-refractivity contribution < 1.29 is 46.9 Å². The number of esters is 4. The van der Waals surface area contributed by atoms with Gasteiger partial charge in [0.15, 0.2) is 0 Å². The van der Waals surface area contributed by atoms with Crippen molar-refractivity contribution in [1.29, 1.82) is 0 Å². The molecule has 0 saturated heterocycles. The van der Waals surface area contributed by atoms with Gasteiger partial charge in [0.1, 0.15) is 0 Å². The van der Waals surface area contributed by atoms with Gasteiger partial charge in [0.05, 0.1) is 0 Å². The summed E-state index contributed by atoms with van der Waals surface area (Å²) in [7, 11) is 0. The van der Waals surface area contributed by atoms with Gasteiger partial charge in [0, 0.05) is 33.3 Å². The summed E-state index contributed by atoms with van der Waals surface area (Å²) in [6.45, 7) is 3.25. The molecule has 2 aromatic rings. The quantitative estimate of drug-likeness (QED) is 0.364. The summed E-state index contributed by atoms with van der Waals surface area (Å²) in [5.74, 6) is -12.9. The molecule has 8 nitrogen and oxygen atoms in total. The predicted molar refractivity (Wildman–Crippen MR) is 118 cm³/mol. The van der Waals surface area contributed by atoms with Crippen LogP contribution in [-0.2, 0) is 56.9 Å². The van der Waals surface area contributed by atoms with E-state index in [4.69, 9.17) is 18.9 Å². The topological polar surface area (TPSA) is 105 Å². The van der Waals surface area contributed by atoms with Crippen LogP contribution in [0.5, 0.6) is 0 Å². The lowest BCUT2D eigenvalue weighted by Gasteiger charge is -2.40. The molecule has 35 heavy (non-hydrogen) atoms. The number of halogens is 2. The number of rotatable bonds is 10. The van der Waals surface area contributed by atoms with Gasteiger partial charge in [-0.2, -0.15) is 8.78 Å². The molecule has 0 heterocycles. The van der Waals surface area contributed by atoms with E-state index >= 15 is 8.78 Å². The predicted octanol–water partition coefficient (Wildman–Crippen LogP) is 3.84. The molecule has 0 N–H and O–H groups in total. The molecule has 0 saturated carbocycles. The van der Waals surface area contributed by atoms with E-state index in [1.165, 1.54) is 12.1 Å². The first-order valence-corrected chi connectivity index (χ1v) is 10.6. The first-order valence-electron chi connectivity index (χ1n) is 10.6. The zero-order chi connectivity index (χ0) is 26.2. The molecule has 0 amide bonds. The minimum atomic E-state index is -4.32. The van der Waals surface area contributed by atoms with Crippen LogP contribution in [0.3, 0.4) is 0 Å². The van der Waals surface area contributed by atoms with Gasteiger partial charge in [-0.1, -0.05) is 54.6 Å². The summed E-state index contributed by atoms with van der Waals surface area (Å²) in [6, 6.07) is 14.5. The Morgan fingerprint density at radius 3 is 1.51 bits per heavy atom. The molecule has 0 spiro atoms. The second-order valence-electron chi connectivity index (χ2n) is 7.66. The van der Waals surface area contributed by atoms with Crippen LogP contribution in [0, 0.1) is 0 Å². The molecule has 0 radical (unpaired) electrons. The van der Waals surface area contributed by atoms with Crippen LogP contribution in [0.2, 0.25) is 0 Å². The summed E-state index contributed by atoms with van der Waals surface area (Å²) in [5.41, 5.74) is 1.06. The fraction of sp³-hybridized carbons (Fsp3) is 0.360. The molecule has 0 bridgehead atoms. The summed E-state index contributed by atoms with van der Waals surface area (Å²) in [5, 5.41) is 0. The monoisotopic (exact) mass is 492 g/mol. The van der Waals surface area contributed by atoms with Crippen molar-refractivity contribution in [3.05, 3.63) is 71.3 Å². The van der Waals surface area contributed by atoms with E-state index in [0.717, 1.165) is 51.0 Å². The van der Waals surface area contributed by atoms with Crippen LogP contribution in [0.25, 0.3) is 0 Å². The van der Waals surface area contributed by atoms with E-state index in [0.29, 0.717) is 12.8 Å². The van der Waals surface area contributed by atoms with E-state index in [1.54, 1.807) is 0 Å². The van der Waals surface area contributed by atoms with Gasteiger partial charge in [-0.15, -0.1) is 0 Å². The highest BCUT2D eigenvalue weighted by molar-refractivity contribution is 5.71. The van der Waals surface area contributed by atoms with Crippen LogP contribution < -0.4 is 0 Å². The van der Waals surface area contributed by atoms with E-state index < -0.39 is 47.4 Å². The molecule has 188 valence electrons. The summed E-state index contributed by atoms with van der Waals surface area (Å²) in [6.07, 6.45) is -1.38. The maximum absolute atomic E-state index is 16.0. The highest BCUT2D eigenvalue weighted by Gasteiger charge is 2.69. The van der Waals surface area contributed by atoms with Crippen LogP contribution in [0.1, 0.15) is 44.4 Å². The third-order valence-electron chi connectivity index (χ3n) is 4.75. The third kappa shape index (κ3) is 7.08. The fourth-order valence-corrected chi connectivity index (χ4v) is 3.32. The Morgan fingerprint density at radius 2 is 1.11 bits per heavy atom. The zero-order valence-electron chi connectivity index (χ0n) is 19.7. The maximum Gasteiger partial charge on any atom is 0.401 e. The summed E-state index contributed by atoms with van der Waals surface area (Å²) < 4.78 is 51.0. The lowest BCUT2D eigenvalue weighted by Crippen LogP contribution is -2.62. The van der Waals surface area contributed by atoms with Gasteiger partial charge in [0.25, 0.3) is 0 Å². The van der Waals surface area contributed by atoms with Crippen molar-refractivity contribution in [1.82, 2.24) is 0 Å². The molecule has 2 aromatic carbocycles. The number of carbonyl (C=O) groups is 4. The van der Waals surface area contributed by atoms with Crippen LogP contribution in [-0.4, -0.2) is 36.0 Å². The molecule has 0 aliphatic carbocycles. The molecular weight excluding hydrogens is 466 g/mol. The van der Waals surface area contributed by atoms with E-state index in [1.807, 2.05) is 30.3 Å². The summed E-state index contributed by atoms with van der Waals surface area (Å²) in [4.78, 5) is 46.9. The second-order valence-corrected chi connectivity index (χ2v) is 7.66. The van der Waals surface area contributed by atoms with E-state index in [-0.39, 0.29) is 0 Å². The number of alkyl halides is 2. The minimum absolute atomic E-state index is 0.554. The zero-order valence-corrected chi connectivity index (χ0v) is 19.7. The van der Waals surface area contributed by atoms with Crippen molar-refractivity contribution in [3.8, 4) is 0 Å². The Kier molecular flexibility index (Phi) is 9.05. The number of carbonyl (C=O) groups excluding carboxylic acids is 4. The average Bonchev–Trinajstić information content (AvgIpc) is 2.76. The normalized spacial score (nSPS) is 11.5. The Labute approximate surface area is 201 Å². The Bertz CT molecular complexity index is 1020. The minimum Gasteiger partial charge on any atom is -0.417 e. The first kappa shape index (κ1) is 27.4. The lowest BCUT2D eigenvalue weighted by molar-refractivity contribution is -0.380. The van der Waals surface area contributed by atoms with Crippen molar-refractivity contribution in [2.24, 2.45) is 0 Å². The average molecular weight is 492 g/mol. The number of benzene rings is 2. The highest BCUT2D eigenvalue weighted by Crippen LogP contribution is 2.46. The Hall–Kier alpha value is -3.82. The molecule has 0 aliphatic rings. The molecule has 0 fully saturated rings. The summed E-state index contributed by atoms with van der Waals surface area (Å²) >= 11 is 0. The van der Waals surface area contributed by atoms with E-state index in [2.05, 4.69) is 0 Å². The molecule has 2 rings (SSSR count). The van der Waals surface area contributed by atoms with E-state index in [9.17, 15) is 19.2 Å². The second kappa shape index (κ2) is 11.5. The number of ether oxygens (including phenoxy) is 4. The van der Waals surface area contributed by atoms with Gasteiger partial charge >= 0.3 is 41.9 Å². The van der Waals surface area contributed by atoms with Crippen LogP contribution in [0.4, 0.5) is 8.78 Å². The molecular formula is C25H26F2O8. The van der Waals surface area contributed by atoms with Crippen LogP contribution >= 0.6 is 0 Å². The van der Waals surface area contributed by atoms with Gasteiger partial charge in [0.2, 0.25) is 0 Å². The highest BCUT2D eigenvalue weighted by atomic mass is 19.3. The standard InChI is InChI=1S/C25H26F2O8/c1-16(28)32-23(33-17(2)29)25(34-18(3)30,35-19(4)31)24(26,27)22-14-12-21(13-15-22)11-10-20-8-6-5-7-9-20/h5-9,12-15,23H,10-11H2,1-4H3. The molecule has 10 heteroatoms. The smallest absolute Gasteiger partial charge is 0.401 e. The van der Waals surface area contributed by atoms with Crippen LogP contribution in [0.15, 0.2) is 54.6 Å². The molecule has 0 aliphatic heterocycles. The van der Waals surface area contributed by atoms with Gasteiger partial charge in [-0.3, -0.25) is 19.2 Å². The fourth-order valence-electron chi connectivity index (χ4n) is 3.32. The SMILES string of the molecule is CC(=O)OC(OC(C)=O)C(OC(C)=O)(OC(C)=O)C(F)(F)c1ccc(CCc2ccccc2)cc1. The number of hydrogen-bond acceptors (Lipinski definition) is 8. The number of hydrogen-bond donors (Lipinski definition) is 0. The van der Waals surface area contributed by atoms with Gasteiger partial charge in [-0.25, -0.2) is 0 Å². The molecule has 0 unspecified atom stereocenters. The van der Waals surface area contributed by atoms with Crippen molar-refractivity contribution in [3.63, 3.8) is 0 Å².